The van der Waals surface area contributed by atoms with Crippen molar-refractivity contribution >= 4 is 53.7 Å². The molecule has 3 rings (SSSR count). The van der Waals surface area contributed by atoms with Crippen LogP contribution in [0.15, 0.2) is 4.99 Å². The number of aliphatic hydroxyl groups is 1. The van der Waals surface area contributed by atoms with E-state index in [2.05, 4.69) is 4.99 Å². The average Bonchev–Trinajstić information content (AvgIpc) is 3.42. The molecule has 1 amide bonds. The van der Waals surface area contributed by atoms with Crippen LogP contribution in [0.25, 0.3) is 0 Å². The zero-order valence-electron chi connectivity index (χ0n) is 27.9. The van der Waals surface area contributed by atoms with Crippen molar-refractivity contribution in [3.63, 3.8) is 0 Å². The van der Waals surface area contributed by atoms with Gasteiger partial charge >= 0.3 is 41.8 Å². The fraction of sp³-hybridized carbons (Fsp3) is 0.690. The Morgan fingerprint density at radius 1 is 0.673 bits per heavy atom. The highest BCUT2D eigenvalue weighted by Crippen LogP contribution is 2.45. The second-order valence-electron chi connectivity index (χ2n) is 11.3. The number of aliphatic imine (C=N–C) groups is 1. The van der Waals surface area contributed by atoms with E-state index in [0.717, 1.165) is 60.3 Å². The fourth-order valence-electron chi connectivity index (χ4n) is 5.78. The number of amides is 1. The summed E-state index contributed by atoms with van der Waals surface area (Å²) in [5.41, 5.74) is -2.47. The van der Waals surface area contributed by atoms with Crippen molar-refractivity contribution in [3.05, 3.63) is 0 Å². The lowest BCUT2D eigenvalue weighted by molar-refractivity contribution is -0.251. The molecule has 20 nitrogen and oxygen atoms in total. The number of fused-ring (bicyclic) bond motifs is 1. The summed E-state index contributed by atoms with van der Waals surface area (Å²) in [5.74, 6) is -7.01. The molecule has 0 unspecified atom stereocenters. The van der Waals surface area contributed by atoms with E-state index in [9.17, 15) is 43.5 Å². The first kappa shape index (κ1) is 38.6. The van der Waals surface area contributed by atoms with E-state index >= 15 is 0 Å². The Kier molecular flexibility index (Phi) is 12.3. The van der Waals surface area contributed by atoms with E-state index in [4.69, 9.17) is 42.6 Å². The Morgan fingerprint density at radius 3 is 1.65 bits per heavy atom. The lowest BCUT2D eigenvalue weighted by Gasteiger charge is -2.43. The van der Waals surface area contributed by atoms with Crippen molar-refractivity contribution in [1.82, 2.24) is 4.90 Å². The summed E-state index contributed by atoms with van der Waals surface area (Å²) in [6, 6.07) is -2.22. The fourth-order valence-corrected chi connectivity index (χ4v) is 5.78. The molecule has 0 radical (unpaired) electrons. The number of carbonyl (C=O) groups is 8. The Labute approximate surface area is 279 Å². The topological polar surface area (TPSA) is 255 Å². The number of amidine groups is 1. The van der Waals surface area contributed by atoms with Gasteiger partial charge in [0.1, 0.15) is 25.4 Å². The molecule has 2 aliphatic heterocycles. The minimum absolute atomic E-state index is 0.581. The van der Waals surface area contributed by atoms with Crippen LogP contribution in [0.5, 0.6) is 0 Å². The number of hydrogen-bond acceptors (Lipinski definition) is 19. The van der Waals surface area contributed by atoms with E-state index < -0.39 is 128 Å². The van der Waals surface area contributed by atoms with E-state index in [-0.39, 0.29) is 0 Å². The summed E-state index contributed by atoms with van der Waals surface area (Å²) in [5, 5.41) is 12.0. The molecule has 20 heteroatoms. The molecule has 2 heterocycles. The van der Waals surface area contributed by atoms with Gasteiger partial charge in [-0.3, -0.25) is 43.3 Å². The van der Waals surface area contributed by atoms with Crippen LogP contribution in [0.3, 0.4) is 0 Å². The Balaban J connectivity index is 2.22. The molecule has 3 fully saturated rings. The van der Waals surface area contributed by atoms with Gasteiger partial charge in [0.05, 0.1) is 0 Å². The molecular formula is C29H38N2O18. The lowest BCUT2D eigenvalue weighted by Crippen LogP contribution is -2.62. The largest absolute Gasteiger partial charge is 0.463 e. The Morgan fingerprint density at radius 2 is 1.16 bits per heavy atom. The van der Waals surface area contributed by atoms with Gasteiger partial charge in [0.15, 0.2) is 48.5 Å². The van der Waals surface area contributed by atoms with E-state index in [0.29, 0.717) is 0 Å². The van der Waals surface area contributed by atoms with Crippen LogP contribution >= 0.6 is 0 Å². The standard InChI is InChI=1S/C29H38N2O18/c1-11(32)31-25-22(23(45-16(6)37)26(47-18(8)39)29(25,40)10-42-13(3)34)49-28(31)30-27-24(46-17(7)38)21(44-15(5)36)20(43-14(4)35)19(48-27)9-41-12(2)33/h19-27,40H,9-10H2,1-8H3/b30-28-/t19-,20-,21+,22+,23+,24-,25+,26+,27+,29-/m1/s1. The first-order valence-electron chi connectivity index (χ1n) is 14.8. The first-order valence-corrected chi connectivity index (χ1v) is 14.8. The monoisotopic (exact) mass is 702 g/mol. The Hall–Kier alpha value is -4.85. The molecule has 0 bridgehead atoms. The molecule has 0 spiro atoms. The number of hydrogen-bond donors (Lipinski definition) is 1. The predicted molar refractivity (Wildman–Crippen MR) is 153 cm³/mol. The molecule has 0 aromatic carbocycles. The van der Waals surface area contributed by atoms with Crippen molar-refractivity contribution in [3.8, 4) is 0 Å². The highest BCUT2D eigenvalue weighted by molar-refractivity contribution is 5.96. The maximum Gasteiger partial charge on any atom is 0.303 e. The molecule has 2 saturated heterocycles. The summed E-state index contributed by atoms with van der Waals surface area (Å²) in [4.78, 5) is 103. The zero-order valence-corrected chi connectivity index (χ0v) is 27.9. The summed E-state index contributed by atoms with van der Waals surface area (Å²) in [6.45, 7) is 6.79. The molecule has 3 aliphatic rings. The molecule has 1 aliphatic carbocycles. The third-order valence-corrected chi connectivity index (χ3v) is 7.31. The summed E-state index contributed by atoms with van der Waals surface area (Å²) in [7, 11) is 0. The quantitative estimate of drug-likeness (QED) is 0.195. The van der Waals surface area contributed by atoms with E-state index in [1.165, 1.54) is 0 Å². The van der Waals surface area contributed by atoms with Gasteiger partial charge < -0.3 is 47.7 Å². The molecule has 1 N–H and O–H groups in total. The van der Waals surface area contributed by atoms with Crippen LogP contribution in [0, 0.1) is 0 Å². The second kappa shape index (κ2) is 15.6. The third kappa shape index (κ3) is 8.99. The number of esters is 7. The van der Waals surface area contributed by atoms with Gasteiger partial charge in [0, 0.05) is 55.4 Å². The van der Waals surface area contributed by atoms with Crippen molar-refractivity contribution in [2.75, 3.05) is 13.2 Å². The van der Waals surface area contributed by atoms with Gasteiger partial charge in [-0.2, -0.15) is 4.99 Å². The molecule has 272 valence electrons. The minimum atomic E-state index is -2.47. The molecule has 10 atom stereocenters. The van der Waals surface area contributed by atoms with Crippen molar-refractivity contribution in [2.45, 2.75) is 116 Å². The number of ether oxygens (including phenoxy) is 9. The smallest absolute Gasteiger partial charge is 0.303 e. The first-order chi connectivity index (χ1) is 22.8. The number of nitrogens with zero attached hydrogens (tertiary/aromatic N) is 2. The van der Waals surface area contributed by atoms with Crippen LogP contribution in [0.2, 0.25) is 0 Å². The molecule has 0 aromatic rings. The van der Waals surface area contributed by atoms with Gasteiger partial charge in [0.2, 0.25) is 5.91 Å². The van der Waals surface area contributed by atoms with E-state index in [1.807, 2.05) is 0 Å². The van der Waals surface area contributed by atoms with Crippen LogP contribution < -0.4 is 0 Å². The summed E-state index contributed by atoms with van der Waals surface area (Å²) < 4.78 is 48.9. The predicted octanol–water partition coefficient (Wildman–Crippen LogP) is -1.79. The summed E-state index contributed by atoms with van der Waals surface area (Å²) in [6.07, 6.45) is -12.8. The SMILES string of the molecule is CC(=O)OC[C@H]1O[C@H](/N=C2\O[C@H]3[C@H](OC(C)=O)[C@H](OC(C)=O)[C@@](O)(COC(C)=O)[C@H]3N2C(C)=O)[C@H](OC(C)=O)[C@@H](OC(C)=O)[C@@H]1OC(C)=O. The zero-order chi connectivity index (χ0) is 37.0. The molecule has 1 saturated carbocycles. The highest BCUT2D eigenvalue weighted by atomic mass is 16.7. The molecular weight excluding hydrogens is 664 g/mol. The van der Waals surface area contributed by atoms with Crippen LogP contribution in [0.1, 0.15) is 55.4 Å². The van der Waals surface area contributed by atoms with Crippen LogP contribution in [0.4, 0.5) is 0 Å². The van der Waals surface area contributed by atoms with Gasteiger partial charge in [-0.25, -0.2) is 0 Å². The van der Waals surface area contributed by atoms with Crippen molar-refractivity contribution in [2.24, 2.45) is 4.99 Å². The number of rotatable bonds is 10. The lowest BCUT2D eigenvalue weighted by atomic mass is 9.94. The third-order valence-electron chi connectivity index (χ3n) is 7.31. The normalized spacial score (nSPS) is 32.6. The maximum absolute atomic E-state index is 13.2. The minimum Gasteiger partial charge on any atom is -0.463 e. The van der Waals surface area contributed by atoms with Crippen molar-refractivity contribution < 1.29 is 86.1 Å². The van der Waals surface area contributed by atoms with Gasteiger partial charge in [-0.1, -0.05) is 0 Å². The maximum atomic E-state index is 13.2. The molecule has 49 heavy (non-hydrogen) atoms. The molecule has 0 aromatic heterocycles. The van der Waals surface area contributed by atoms with Gasteiger partial charge in [-0.05, 0) is 0 Å². The Bertz CT molecular complexity index is 1400. The van der Waals surface area contributed by atoms with Crippen LogP contribution in [-0.2, 0) is 81.0 Å². The highest BCUT2D eigenvalue weighted by Gasteiger charge is 2.71. The van der Waals surface area contributed by atoms with Crippen LogP contribution in [-0.4, -0.2) is 138 Å². The second-order valence-corrected chi connectivity index (χ2v) is 11.3. The summed E-state index contributed by atoms with van der Waals surface area (Å²) >= 11 is 0. The van der Waals surface area contributed by atoms with Gasteiger partial charge in [0.25, 0.3) is 6.02 Å². The number of carbonyl (C=O) groups excluding carboxylic acids is 8. The average molecular weight is 703 g/mol. The van der Waals surface area contributed by atoms with Gasteiger partial charge in [-0.15, -0.1) is 0 Å². The van der Waals surface area contributed by atoms with Crippen molar-refractivity contribution in [1.29, 1.82) is 0 Å². The van der Waals surface area contributed by atoms with E-state index in [1.54, 1.807) is 0 Å².